The van der Waals surface area contributed by atoms with Crippen LogP contribution in [0.1, 0.15) is 5.56 Å². The summed E-state index contributed by atoms with van der Waals surface area (Å²) in [7, 11) is 0. The Morgan fingerprint density at radius 2 is 2.08 bits per heavy atom. The van der Waals surface area contributed by atoms with E-state index in [9.17, 15) is 0 Å². The maximum atomic E-state index is 8.25. The molecule has 0 aromatic heterocycles. The van der Waals surface area contributed by atoms with Crippen LogP contribution in [0.15, 0.2) is 40.5 Å². The van der Waals surface area contributed by atoms with Crippen LogP contribution in [0.2, 0.25) is 0 Å². The molecular formula is C9H8N4. The average molecular weight is 172 g/mol. The fourth-order valence-corrected chi connectivity index (χ4v) is 0.719. The molecule has 0 atom stereocenters. The normalized spacial score (nSPS) is 11.5. The molecular weight excluding hydrogens is 164 g/mol. The molecule has 4 heteroatoms. The van der Waals surface area contributed by atoms with Crippen LogP contribution >= 0.6 is 0 Å². The van der Waals surface area contributed by atoms with Crippen LogP contribution < -0.4 is 5.73 Å². The molecule has 0 heterocycles. The van der Waals surface area contributed by atoms with Crippen LogP contribution in [0, 0.1) is 11.3 Å². The molecule has 0 radical (unpaired) electrons. The van der Waals surface area contributed by atoms with Crippen LogP contribution in [0.3, 0.4) is 0 Å². The number of amidine groups is 1. The molecule has 0 spiro atoms. The van der Waals surface area contributed by atoms with Gasteiger partial charge in [0.2, 0.25) is 5.84 Å². The summed E-state index contributed by atoms with van der Waals surface area (Å²) >= 11 is 0. The Morgan fingerprint density at radius 3 is 2.69 bits per heavy atom. The predicted molar refractivity (Wildman–Crippen MR) is 51.3 cm³/mol. The average Bonchev–Trinajstić information content (AvgIpc) is 2.19. The maximum absolute atomic E-state index is 8.25. The van der Waals surface area contributed by atoms with Crippen molar-refractivity contribution in [2.45, 2.75) is 0 Å². The SMILES string of the molecule is N#C/C(N)=N/N=Cc1ccccc1. The topological polar surface area (TPSA) is 74.5 Å². The van der Waals surface area contributed by atoms with E-state index in [0.717, 1.165) is 5.56 Å². The number of nitrogens with zero attached hydrogens (tertiary/aromatic N) is 3. The molecule has 0 saturated heterocycles. The van der Waals surface area contributed by atoms with E-state index in [-0.39, 0.29) is 5.84 Å². The highest BCUT2D eigenvalue weighted by Crippen LogP contribution is 1.93. The lowest BCUT2D eigenvalue weighted by atomic mass is 10.2. The van der Waals surface area contributed by atoms with E-state index in [4.69, 9.17) is 11.0 Å². The fourth-order valence-electron chi connectivity index (χ4n) is 0.719. The van der Waals surface area contributed by atoms with Crippen molar-refractivity contribution >= 4 is 12.1 Å². The summed E-state index contributed by atoms with van der Waals surface area (Å²) in [6.45, 7) is 0. The Bertz CT molecular complexity index is 359. The molecule has 0 aliphatic carbocycles. The zero-order valence-electron chi connectivity index (χ0n) is 6.88. The quantitative estimate of drug-likeness (QED) is 0.409. The van der Waals surface area contributed by atoms with Crippen molar-refractivity contribution in [3.8, 4) is 6.07 Å². The molecule has 4 nitrogen and oxygen atoms in total. The smallest absolute Gasteiger partial charge is 0.224 e. The van der Waals surface area contributed by atoms with Crippen LogP contribution in [-0.2, 0) is 0 Å². The Hall–Kier alpha value is -2.15. The minimum Gasteiger partial charge on any atom is -0.373 e. The first kappa shape index (κ1) is 8.94. The van der Waals surface area contributed by atoms with Crippen molar-refractivity contribution < 1.29 is 0 Å². The van der Waals surface area contributed by atoms with Gasteiger partial charge in [-0.2, -0.15) is 10.4 Å². The van der Waals surface area contributed by atoms with Gasteiger partial charge in [-0.25, -0.2) is 0 Å². The molecule has 2 N–H and O–H groups in total. The first-order chi connectivity index (χ1) is 6.33. The summed E-state index contributed by atoms with van der Waals surface area (Å²) < 4.78 is 0. The fraction of sp³-hybridized carbons (Fsp3) is 0. The third kappa shape index (κ3) is 3.16. The first-order valence-electron chi connectivity index (χ1n) is 3.64. The molecule has 0 aliphatic rings. The predicted octanol–water partition coefficient (Wildman–Crippen LogP) is 0.901. The lowest BCUT2D eigenvalue weighted by Gasteiger charge is -1.87. The maximum Gasteiger partial charge on any atom is 0.224 e. The molecule has 0 unspecified atom stereocenters. The molecule has 13 heavy (non-hydrogen) atoms. The van der Waals surface area contributed by atoms with E-state index in [2.05, 4.69) is 10.2 Å². The van der Waals surface area contributed by atoms with Gasteiger partial charge in [-0.3, -0.25) is 0 Å². The highest BCUT2D eigenvalue weighted by atomic mass is 15.2. The van der Waals surface area contributed by atoms with Gasteiger partial charge in [0.05, 0.1) is 6.21 Å². The first-order valence-corrected chi connectivity index (χ1v) is 3.64. The highest BCUT2D eigenvalue weighted by Gasteiger charge is 1.84. The second kappa shape index (κ2) is 4.67. The summed E-state index contributed by atoms with van der Waals surface area (Å²) in [5.74, 6) is -0.146. The number of nitriles is 1. The van der Waals surface area contributed by atoms with E-state index in [1.54, 1.807) is 6.07 Å². The molecule has 0 saturated carbocycles. The Morgan fingerprint density at radius 1 is 1.38 bits per heavy atom. The van der Waals surface area contributed by atoms with Gasteiger partial charge in [-0.05, 0) is 5.56 Å². The summed E-state index contributed by atoms with van der Waals surface area (Å²) in [5.41, 5.74) is 6.03. The molecule has 0 aliphatic heterocycles. The highest BCUT2D eigenvalue weighted by molar-refractivity contribution is 5.95. The van der Waals surface area contributed by atoms with Gasteiger partial charge in [0.25, 0.3) is 0 Å². The number of hydrogen-bond donors (Lipinski definition) is 1. The van der Waals surface area contributed by atoms with Crippen molar-refractivity contribution in [3.63, 3.8) is 0 Å². The van der Waals surface area contributed by atoms with Crippen molar-refractivity contribution in [2.75, 3.05) is 0 Å². The number of hydrogen-bond acceptors (Lipinski definition) is 3. The zero-order valence-corrected chi connectivity index (χ0v) is 6.88. The minimum absolute atomic E-state index is 0.146. The van der Waals surface area contributed by atoms with Crippen LogP contribution in [0.25, 0.3) is 0 Å². The number of nitrogens with two attached hydrogens (primary N) is 1. The van der Waals surface area contributed by atoms with E-state index in [0.29, 0.717) is 0 Å². The van der Waals surface area contributed by atoms with E-state index < -0.39 is 0 Å². The number of rotatable bonds is 2. The van der Waals surface area contributed by atoms with Gasteiger partial charge in [0.15, 0.2) is 0 Å². The molecule has 64 valence electrons. The Balaban J connectivity index is 2.66. The third-order valence-corrected chi connectivity index (χ3v) is 1.29. The molecule has 0 bridgehead atoms. The monoisotopic (exact) mass is 172 g/mol. The van der Waals surface area contributed by atoms with Gasteiger partial charge >= 0.3 is 0 Å². The second-order valence-electron chi connectivity index (χ2n) is 2.25. The Labute approximate surface area is 76.0 Å². The lowest BCUT2D eigenvalue weighted by Crippen LogP contribution is -2.06. The summed E-state index contributed by atoms with van der Waals surface area (Å²) in [4.78, 5) is 0. The van der Waals surface area contributed by atoms with Crippen molar-refractivity contribution in [1.29, 1.82) is 5.26 Å². The van der Waals surface area contributed by atoms with Crippen LogP contribution in [0.4, 0.5) is 0 Å². The minimum atomic E-state index is -0.146. The van der Waals surface area contributed by atoms with E-state index in [1.807, 2.05) is 30.3 Å². The molecule has 0 fully saturated rings. The van der Waals surface area contributed by atoms with Gasteiger partial charge in [-0.15, -0.1) is 5.10 Å². The summed E-state index contributed by atoms with van der Waals surface area (Å²) in [5, 5.41) is 15.3. The number of benzene rings is 1. The van der Waals surface area contributed by atoms with Crippen LogP contribution in [0.5, 0.6) is 0 Å². The van der Waals surface area contributed by atoms with Gasteiger partial charge in [-0.1, -0.05) is 30.3 Å². The largest absolute Gasteiger partial charge is 0.373 e. The molecule has 1 rings (SSSR count). The second-order valence-corrected chi connectivity index (χ2v) is 2.25. The summed E-state index contributed by atoms with van der Waals surface area (Å²) in [6.07, 6.45) is 1.53. The van der Waals surface area contributed by atoms with Crippen molar-refractivity contribution in [1.82, 2.24) is 0 Å². The lowest BCUT2D eigenvalue weighted by molar-refractivity contribution is 1.24. The van der Waals surface area contributed by atoms with Gasteiger partial charge in [0, 0.05) is 0 Å². The van der Waals surface area contributed by atoms with Gasteiger partial charge < -0.3 is 5.73 Å². The van der Waals surface area contributed by atoms with E-state index in [1.165, 1.54) is 6.21 Å². The Kier molecular flexibility index (Phi) is 3.21. The van der Waals surface area contributed by atoms with Crippen molar-refractivity contribution in [3.05, 3.63) is 35.9 Å². The standard InChI is InChI=1S/C9H8N4/c10-6-9(11)13-12-7-8-4-2-1-3-5-8/h1-5,7H,(H2,11,13). The summed E-state index contributed by atoms with van der Waals surface area (Å²) in [6, 6.07) is 11.1. The van der Waals surface area contributed by atoms with Crippen LogP contribution in [-0.4, -0.2) is 12.1 Å². The third-order valence-electron chi connectivity index (χ3n) is 1.29. The van der Waals surface area contributed by atoms with Crippen molar-refractivity contribution in [2.24, 2.45) is 15.9 Å². The van der Waals surface area contributed by atoms with E-state index >= 15 is 0 Å². The molecule has 1 aromatic rings. The molecule has 1 aromatic carbocycles. The zero-order chi connectivity index (χ0) is 9.52. The molecule has 0 amide bonds. The van der Waals surface area contributed by atoms with Gasteiger partial charge in [0.1, 0.15) is 6.07 Å².